The molecule has 5 nitrogen and oxygen atoms in total. The van der Waals surface area contributed by atoms with Crippen LogP contribution in [0.15, 0.2) is 79.0 Å². The third kappa shape index (κ3) is 3.94. The Labute approximate surface area is 206 Å². The molecule has 0 unspecified atom stereocenters. The Bertz CT molecular complexity index is 1310. The van der Waals surface area contributed by atoms with E-state index in [2.05, 4.69) is 84.1 Å². The fraction of sp³-hybridized carbons (Fsp3) is 0.214. The second-order valence-corrected chi connectivity index (χ2v) is 9.16. The van der Waals surface area contributed by atoms with Crippen LogP contribution in [-0.2, 0) is 0 Å². The number of aryl methyl sites for hydroxylation is 3. The van der Waals surface area contributed by atoms with Crippen molar-refractivity contribution in [2.45, 2.75) is 32.9 Å². The number of hydrogen-bond acceptors (Lipinski definition) is 3. The van der Waals surface area contributed by atoms with Crippen molar-refractivity contribution in [3.8, 4) is 11.4 Å². The molecule has 2 aromatic carbocycles. The number of ether oxygens (including phenoxy) is 1. The molecule has 2 atom stereocenters. The number of thiocarbonyl (C=S) groups is 1. The third-order valence-electron chi connectivity index (χ3n) is 6.32. The molecule has 1 N–H and O–H groups in total. The van der Waals surface area contributed by atoms with Gasteiger partial charge in [-0.1, -0.05) is 12.1 Å². The lowest BCUT2D eigenvalue weighted by Gasteiger charge is -2.30. The molecule has 4 aromatic rings. The number of rotatable bonds is 5. The zero-order valence-electron chi connectivity index (χ0n) is 19.8. The second-order valence-electron chi connectivity index (χ2n) is 8.78. The Hall–Kier alpha value is -3.64. The minimum Gasteiger partial charge on any atom is -0.497 e. The lowest BCUT2D eigenvalue weighted by atomic mass is 10.00. The first-order chi connectivity index (χ1) is 16.5. The number of methoxy groups -OCH3 is 1. The lowest BCUT2D eigenvalue weighted by molar-refractivity contribution is 0.414. The summed E-state index contributed by atoms with van der Waals surface area (Å²) >= 11 is 5.92. The Morgan fingerprint density at radius 2 is 1.62 bits per heavy atom. The molecule has 0 spiro atoms. The first kappa shape index (κ1) is 22.2. The summed E-state index contributed by atoms with van der Waals surface area (Å²) in [7, 11) is 1.69. The van der Waals surface area contributed by atoms with Crippen LogP contribution in [0.5, 0.6) is 5.75 Å². The Morgan fingerprint density at radius 1 is 0.882 bits per heavy atom. The molecular weight excluding hydrogens is 440 g/mol. The molecule has 0 amide bonds. The minimum atomic E-state index is -0.0965. The van der Waals surface area contributed by atoms with E-state index in [0.717, 1.165) is 34.2 Å². The van der Waals surface area contributed by atoms with E-state index in [-0.39, 0.29) is 12.1 Å². The number of nitrogens with one attached hydrogen (secondary N) is 1. The van der Waals surface area contributed by atoms with Gasteiger partial charge >= 0.3 is 0 Å². The van der Waals surface area contributed by atoms with E-state index in [0.29, 0.717) is 5.11 Å². The van der Waals surface area contributed by atoms with Crippen molar-refractivity contribution >= 4 is 23.0 Å². The molecule has 3 heterocycles. The monoisotopic (exact) mass is 468 g/mol. The molecule has 34 heavy (non-hydrogen) atoms. The van der Waals surface area contributed by atoms with Crippen molar-refractivity contribution in [2.24, 2.45) is 0 Å². The second kappa shape index (κ2) is 8.95. The highest BCUT2D eigenvalue weighted by Crippen LogP contribution is 2.43. The summed E-state index contributed by atoms with van der Waals surface area (Å²) in [6.07, 6.45) is 1.84. The topological polar surface area (TPSA) is 42.3 Å². The fourth-order valence-corrected chi connectivity index (χ4v) is 5.24. The van der Waals surface area contributed by atoms with Crippen LogP contribution in [0.1, 0.15) is 40.3 Å². The van der Waals surface area contributed by atoms with E-state index in [9.17, 15) is 0 Å². The fourth-order valence-electron chi connectivity index (χ4n) is 4.90. The van der Waals surface area contributed by atoms with E-state index in [1.165, 1.54) is 11.1 Å². The van der Waals surface area contributed by atoms with Gasteiger partial charge in [0.25, 0.3) is 0 Å². The van der Waals surface area contributed by atoms with Crippen LogP contribution < -0.4 is 15.0 Å². The number of benzene rings is 2. The van der Waals surface area contributed by atoms with Gasteiger partial charge in [-0.2, -0.15) is 0 Å². The van der Waals surface area contributed by atoms with Gasteiger partial charge in [0, 0.05) is 29.0 Å². The van der Waals surface area contributed by atoms with Crippen molar-refractivity contribution in [3.63, 3.8) is 0 Å². The minimum absolute atomic E-state index is 0.0839. The molecule has 0 aliphatic carbocycles. The number of nitrogens with zero attached hydrogens (tertiary/aromatic N) is 3. The third-order valence-corrected chi connectivity index (χ3v) is 6.64. The quantitative estimate of drug-likeness (QED) is 0.365. The summed E-state index contributed by atoms with van der Waals surface area (Å²) in [5.41, 5.74) is 7.83. The highest BCUT2D eigenvalue weighted by molar-refractivity contribution is 7.80. The molecule has 2 aromatic heterocycles. The van der Waals surface area contributed by atoms with Crippen LogP contribution in [0, 0.1) is 20.8 Å². The van der Waals surface area contributed by atoms with Crippen LogP contribution in [-0.4, -0.2) is 21.8 Å². The number of aromatic nitrogens is 2. The highest BCUT2D eigenvalue weighted by Gasteiger charge is 2.42. The van der Waals surface area contributed by atoms with Crippen LogP contribution in [0.3, 0.4) is 0 Å². The maximum Gasteiger partial charge on any atom is 0.174 e. The molecule has 172 valence electrons. The van der Waals surface area contributed by atoms with Crippen LogP contribution in [0.4, 0.5) is 5.69 Å². The van der Waals surface area contributed by atoms with E-state index < -0.39 is 0 Å². The number of pyridine rings is 1. The zero-order valence-corrected chi connectivity index (χ0v) is 20.6. The summed E-state index contributed by atoms with van der Waals surface area (Å²) in [4.78, 5) is 6.93. The molecule has 1 saturated heterocycles. The number of hydrogen-bond donors (Lipinski definition) is 1. The predicted octanol–water partition coefficient (Wildman–Crippen LogP) is 5.98. The van der Waals surface area contributed by atoms with Crippen molar-refractivity contribution < 1.29 is 4.74 Å². The predicted molar refractivity (Wildman–Crippen MR) is 141 cm³/mol. The Morgan fingerprint density at radius 3 is 2.26 bits per heavy atom. The van der Waals surface area contributed by atoms with Gasteiger partial charge in [0.15, 0.2) is 5.11 Å². The standard InChI is InChI=1S/C28H28N4OS/c1-18-15-19(2)17-22(16-18)32-27(26(30-28(32)34)24-7-5-6-14-29-24)25-13-8-20(3)31(25)21-9-11-23(33-4)12-10-21/h5-17,26-27H,1-4H3,(H,30,34)/t26-,27+/m1/s1. The maximum atomic E-state index is 5.92. The summed E-state index contributed by atoms with van der Waals surface area (Å²) < 4.78 is 7.68. The SMILES string of the molecule is COc1ccc(-n2c(C)ccc2[C@H]2[C@@H](c3ccccn3)NC(=S)N2c2cc(C)cc(C)c2)cc1. The van der Waals surface area contributed by atoms with Gasteiger partial charge in [0.05, 0.1) is 18.8 Å². The van der Waals surface area contributed by atoms with Crippen molar-refractivity contribution in [2.75, 3.05) is 12.0 Å². The lowest BCUT2D eigenvalue weighted by Crippen LogP contribution is -2.30. The summed E-state index contributed by atoms with van der Waals surface area (Å²) in [6, 6.07) is 25.0. The number of anilines is 1. The summed E-state index contributed by atoms with van der Waals surface area (Å²) in [5, 5.41) is 4.27. The van der Waals surface area contributed by atoms with Gasteiger partial charge < -0.3 is 19.5 Å². The molecule has 0 bridgehead atoms. The Balaban J connectivity index is 1.70. The first-order valence-electron chi connectivity index (χ1n) is 11.4. The molecular formula is C28H28N4OS. The van der Waals surface area contributed by atoms with Gasteiger partial charge in [-0.05, 0) is 105 Å². The van der Waals surface area contributed by atoms with Gasteiger partial charge in [-0.3, -0.25) is 4.98 Å². The van der Waals surface area contributed by atoms with Gasteiger partial charge in [0.1, 0.15) is 11.8 Å². The average molecular weight is 469 g/mol. The molecule has 1 aliphatic heterocycles. The largest absolute Gasteiger partial charge is 0.497 e. The van der Waals surface area contributed by atoms with Crippen LogP contribution in [0.2, 0.25) is 0 Å². The van der Waals surface area contributed by atoms with Crippen molar-refractivity contribution in [1.82, 2.24) is 14.9 Å². The van der Waals surface area contributed by atoms with Gasteiger partial charge in [-0.25, -0.2) is 0 Å². The molecule has 1 fully saturated rings. The Kier molecular flexibility index (Phi) is 5.84. The van der Waals surface area contributed by atoms with E-state index >= 15 is 0 Å². The zero-order chi connectivity index (χ0) is 23.8. The van der Waals surface area contributed by atoms with Crippen molar-refractivity contribution in [3.05, 3.63) is 107 Å². The average Bonchev–Trinajstić information content (AvgIpc) is 3.38. The maximum absolute atomic E-state index is 5.92. The summed E-state index contributed by atoms with van der Waals surface area (Å²) in [6.45, 7) is 6.38. The smallest absolute Gasteiger partial charge is 0.174 e. The molecule has 0 saturated carbocycles. The van der Waals surface area contributed by atoms with Crippen molar-refractivity contribution in [1.29, 1.82) is 0 Å². The van der Waals surface area contributed by atoms with E-state index in [1.807, 2.05) is 30.5 Å². The van der Waals surface area contributed by atoms with Gasteiger partial charge in [-0.15, -0.1) is 0 Å². The molecule has 0 radical (unpaired) electrons. The summed E-state index contributed by atoms with van der Waals surface area (Å²) in [5.74, 6) is 0.835. The molecule has 5 rings (SSSR count). The van der Waals surface area contributed by atoms with Crippen LogP contribution >= 0.6 is 12.2 Å². The van der Waals surface area contributed by atoms with E-state index in [1.54, 1.807) is 7.11 Å². The molecule has 1 aliphatic rings. The first-order valence-corrected chi connectivity index (χ1v) is 11.8. The van der Waals surface area contributed by atoms with E-state index in [4.69, 9.17) is 21.9 Å². The molecule has 6 heteroatoms. The van der Waals surface area contributed by atoms with Crippen LogP contribution in [0.25, 0.3) is 5.69 Å². The van der Waals surface area contributed by atoms with Gasteiger partial charge in [0.2, 0.25) is 0 Å². The highest BCUT2D eigenvalue weighted by atomic mass is 32.1. The normalized spacial score (nSPS) is 17.6.